The molecule has 28 heavy (non-hydrogen) atoms. The van der Waals surface area contributed by atoms with Crippen LogP contribution < -0.4 is 10.9 Å². The number of aromatic nitrogens is 4. The van der Waals surface area contributed by atoms with Crippen LogP contribution in [0.2, 0.25) is 0 Å². The summed E-state index contributed by atoms with van der Waals surface area (Å²) in [6.45, 7) is 7.71. The molecule has 0 bridgehead atoms. The molecule has 8 nitrogen and oxygen atoms in total. The Morgan fingerprint density at radius 3 is 2.46 bits per heavy atom. The van der Waals surface area contributed by atoms with Gasteiger partial charge in [-0.25, -0.2) is 4.98 Å². The first-order valence-corrected chi connectivity index (χ1v) is 8.68. The molecule has 2 N–H and O–H groups in total. The molecule has 1 aromatic carbocycles. The molecule has 0 fully saturated rings. The highest BCUT2D eigenvalue weighted by atomic mass is 16.1. The lowest BCUT2D eigenvalue weighted by atomic mass is 9.92. The van der Waals surface area contributed by atoms with Crippen molar-refractivity contribution in [2.45, 2.75) is 33.1 Å². The zero-order chi connectivity index (χ0) is 20.5. The number of carbonyl (C=O) groups is 1. The van der Waals surface area contributed by atoms with Crippen LogP contribution in [0.25, 0.3) is 5.95 Å². The molecule has 3 aromatic rings. The molecule has 2 heterocycles. The zero-order valence-electron chi connectivity index (χ0n) is 16.1. The monoisotopic (exact) mass is 376 g/mol. The SMILES string of the molecule is Cc1cc(=O)[nH]c(-n2nc(C(C)(C)C)cc2NC(=O)c2ccc(C#N)cc2)n1. The fraction of sp³-hybridized carbons (Fsp3) is 0.250. The van der Waals surface area contributed by atoms with E-state index in [1.807, 2.05) is 26.8 Å². The van der Waals surface area contributed by atoms with E-state index in [1.165, 1.54) is 10.7 Å². The maximum Gasteiger partial charge on any atom is 0.256 e. The van der Waals surface area contributed by atoms with Gasteiger partial charge in [-0.2, -0.15) is 15.0 Å². The van der Waals surface area contributed by atoms with Crippen LogP contribution in [-0.4, -0.2) is 25.7 Å². The normalized spacial score (nSPS) is 11.1. The lowest BCUT2D eigenvalue weighted by Gasteiger charge is -2.13. The van der Waals surface area contributed by atoms with Crippen LogP contribution in [-0.2, 0) is 5.41 Å². The van der Waals surface area contributed by atoms with Gasteiger partial charge in [0.15, 0.2) is 0 Å². The molecule has 0 saturated heterocycles. The number of hydrogen-bond donors (Lipinski definition) is 2. The fourth-order valence-electron chi connectivity index (χ4n) is 2.55. The number of anilines is 1. The number of benzene rings is 1. The van der Waals surface area contributed by atoms with Crippen molar-refractivity contribution in [2.24, 2.45) is 0 Å². The Morgan fingerprint density at radius 1 is 1.21 bits per heavy atom. The summed E-state index contributed by atoms with van der Waals surface area (Å²) in [6.07, 6.45) is 0. The van der Waals surface area contributed by atoms with E-state index in [0.717, 1.165) is 5.69 Å². The Labute approximate surface area is 161 Å². The Morgan fingerprint density at radius 2 is 1.89 bits per heavy atom. The number of amides is 1. The van der Waals surface area contributed by atoms with Crippen LogP contribution >= 0.6 is 0 Å². The molecule has 0 atom stereocenters. The standard InChI is InChI=1S/C20H20N6O2/c1-12-9-17(27)24-19(22-12)26-16(10-15(25-26)20(2,3)4)23-18(28)14-7-5-13(11-21)6-8-14/h5-10H,1-4H3,(H,23,28)(H,22,24,27). The highest BCUT2D eigenvalue weighted by Crippen LogP contribution is 2.25. The van der Waals surface area contributed by atoms with Crippen LogP contribution in [0.4, 0.5) is 5.82 Å². The minimum Gasteiger partial charge on any atom is -0.306 e. The van der Waals surface area contributed by atoms with E-state index in [2.05, 4.69) is 20.4 Å². The average Bonchev–Trinajstić information content (AvgIpc) is 3.05. The van der Waals surface area contributed by atoms with Gasteiger partial charge in [0.1, 0.15) is 5.82 Å². The third kappa shape index (κ3) is 3.99. The van der Waals surface area contributed by atoms with Crippen LogP contribution in [0.15, 0.2) is 41.2 Å². The molecular formula is C20H20N6O2. The number of nitrogens with zero attached hydrogens (tertiary/aromatic N) is 4. The summed E-state index contributed by atoms with van der Waals surface area (Å²) >= 11 is 0. The van der Waals surface area contributed by atoms with Gasteiger partial charge >= 0.3 is 0 Å². The van der Waals surface area contributed by atoms with Crippen molar-refractivity contribution in [1.29, 1.82) is 5.26 Å². The lowest BCUT2D eigenvalue weighted by Crippen LogP contribution is -2.19. The molecule has 3 rings (SSSR count). The number of nitriles is 1. The lowest BCUT2D eigenvalue weighted by molar-refractivity contribution is 0.102. The smallest absolute Gasteiger partial charge is 0.256 e. The van der Waals surface area contributed by atoms with Crippen molar-refractivity contribution in [3.63, 3.8) is 0 Å². The molecule has 8 heteroatoms. The Hall–Kier alpha value is -3.73. The summed E-state index contributed by atoms with van der Waals surface area (Å²) in [6, 6.07) is 11.5. The predicted molar refractivity (Wildman–Crippen MR) is 105 cm³/mol. The van der Waals surface area contributed by atoms with Crippen LogP contribution in [0.3, 0.4) is 0 Å². The van der Waals surface area contributed by atoms with E-state index in [9.17, 15) is 9.59 Å². The van der Waals surface area contributed by atoms with Crippen molar-refractivity contribution in [1.82, 2.24) is 19.7 Å². The van der Waals surface area contributed by atoms with Crippen molar-refractivity contribution in [3.05, 3.63) is 69.3 Å². The summed E-state index contributed by atoms with van der Waals surface area (Å²) in [7, 11) is 0. The van der Waals surface area contributed by atoms with E-state index in [-0.39, 0.29) is 22.8 Å². The highest BCUT2D eigenvalue weighted by Gasteiger charge is 2.22. The Kier molecular flexibility index (Phi) is 4.84. The van der Waals surface area contributed by atoms with E-state index < -0.39 is 0 Å². The molecule has 0 aliphatic rings. The Bertz CT molecular complexity index is 1130. The molecule has 1 amide bonds. The quantitative estimate of drug-likeness (QED) is 0.729. The molecular weight excluding hydrogens is 356 g/mol. The minimum atomic E-state index is -0.360. The number of carbonyl (C=O) groups excluding carboxylic acids is 1. The first-order valence-electron chi connectivity index (χ1n) is 8.68. The van der Waals surface area contributed by atoms with Crippen molar-refractivity contribution in [2.75, 3.05) is 5.32 Å². The number of nitrogens with one attached hydrogen (secondary N) is 2. The van der Waals surface area contributed by atoms with Crippen molar-refractivity contribution in [3.8, 4) is 12.0 Å². The number of aromatic amines is 1. The molecule has 0 unspecified atom stereocenters. The maximum atomic E-state index is 12.7. The summed E-state index contributed by atoms with van der Waals surface area (Å²) in [5.74, 6) is 0.241. The topological polar surface area (TPSA) is 116 Å². The first kappa shape index (κ1) is 19.0. The van der Waals surface area contributed by atoms with Gasteiger partial charge in [-0.3, -0.25) is 14.6 Å². The second kappa shape index (κ2) is 7.12. The Balaban J connectivity index is 2.03. The number of aryl methyl sites for hydroxylation is 1. The molecule has 0 aliphatic heterocycles. The van der Waals surface area contributed by atoms with E-state index in [4.69, 9.17) is 5.26 Å². The number of hydrogen-bond acceptors (Lipinski definition) is 5. The molecule has 0 radical (unpaired) electrons. The van der Waals surface area contributed by atoms with Gasteiger partial charge in [0.05, 0.1) is 17.3 Å². The van der Waals surface area contributed by atoms with Gasteiger partial charge in [0.2, 0.25) is 5.95 Å². The summed E-state index contributed by atoms with van der Waals surface area (Å²) in [5.41, 5.74) is 1.55. The van der Waals surface area contributed by atoms with E-state index in [1.54, 1.807) is 37.3 Å². The molecule has 142 valence electrons. The largest absolute Gasteiger partial charge is 0.306 e. The van der Waals surface area contributed by atoms with Crippen LogP contribution in [0.5, 0.6) is 0 Å². The third-order valence-corrected chi connectivity index (χ3v) is 4.05. The van der Waals surface area contributed by atoms with Crippen LogP contribution in [0, 0.1) is 18.3 Å². The first-order chi connectivity index (χ1) is 13.2. The summed E-state index contributed by atoms with van der Waals surface area (Å²) in [4.78, 5) is 31.5. The second-order valence-corrected chi connectivity index (χ2v) is 7.43. The van der Waals surface area contributed by atoms with Gasteiger partial charge in [-0.05, 0) is 31.2 Å². The number of rotatable bonds is 3. The van der Waals surface area contributed by atoms with Gasteiger partial charge < -0.3 is 5.32 Å². The van der Waals surface area contributed by atoms with E-state index in [0.29, 0.717) is 22.6 Å². The minimum absolute atomic E-state index is 0.218. The van der Waals surface area contributed by atoms with Gasteiger partial charge in [-0.1, -0.05) is 20.8 Å². The molecule has 0 aliphatic carbocycles. The van der Waals surface area contributed by atoms with Gasteiger partial charge in [-0.15, -0.1) is 0 Å². The fourth-order valence-corrected chi connectivity index (χ4v) is 2.55. The predicted octanol–water partition coefficient (Wildman–Crippen LogP) is 2.69. The average molecular weight is 376 g/mol. The van der Waals surface area contributed by atoms with Crippen LogP contribution in [0.1, 0.15) is 48.1 Å². The second-order valence-electron chi connectivity index (χ2n) is 7.43. The van der Waals surface area contributed by atoms with Crippen molar-refractivity contribution < 1.29 is 4.79 Å². The van der Waals surface area contributed by atoms with E-state index >= 15 is 0 Å². The highest BCUT2D eigenvalue weighted by molar-refractivity contribution is 6.04. The summed E-state index contributed by atoms with van der Waals surface area (Å²) in [5, 5.41) is 16.2. The molecule has 0 saturated carbocycles. The number of H-pyrrole nitrogens is 1. The zero-order valence-corrected chi connectivity index (χ0v) is 16.1. The maximum absolute atomic E-state index is 12.7. The molecule has 0 spiro atoms. The van der Waals surface area contributed by atoms with Gasteiger partial charge in [0, 0.05) is 28.8 Å². The third-order valence-electron chi connectivity index (χ3n) is 4.05. The summed E-state index contributed by atoms with van der Waals surface area (Å²) < 4.78 is 1.41. The van der Waals surface area contributed by atoms with Gasteiger partial charge in [0.25, 0.3) is 11.5 Å². The van der Waals surface area contributed by atoms with Crippen molar-refractivity contribution >= 4 is 11.7 Å². The molecule has 2 aromatic heterocycles.